The first-order valence-electron chi connectivity index (χ1n) is 11.7. The molecule has 184 valence electrons. The molecule has 2 fully saturated rings. The van der Waals surface area contributed by atoms with Gasteiger partial charge >= 0.3 is 0 Å². The predicted octanol–water partition coefficient (Wildman–Crippen LogP) is 2.17. The van der Waals surface area contributed by atoms with Crippen LogP contribution in [-0.2, 0) is 19.6 Å². The minimum atomic E-state index is -3.57. The molecule has 10 nitrogen and oxygen atoms in total. The lowest BCUT2D eigenvalue weighted by molar-refractivity contribution is -0.137. The van der Waals surface area contributed by atoms with Crippen LogP contribution in [0.25, 0.3) is 0 Å². The third kappa shape index (κ3) is 4.72. The second-order valence-electron chi connectivity index (χ2n) is 8.78. The zero-order chi connectivity index (χ0) is 24.5. The zero-order valence-corrected chi connectivity index (χ0v) is 20.6. The van der Waals surface area contributed by atoms with Gasteiger partial charge in [0.1, 0.15) is 0 Å². The van der Waals surface area contributed by atoms with Gasteiger partial charge in [-0.3, -0.25) is 9.59 Å². The van der Waals surface area contributed by atoms with E-state index in [9.17, 15) is 18.0 Å². The van der Waals surface area contributed by atoms with Gasteiger partial charge in [0.05, 0.1) is 10.8 Å². The summed E-state index contributed by atoms with van der Waals surface area (Å²) < 4.78 is 31.9. The van der Waals surface area contributed by atoms with Gasteiger partial charge in [-0.2, -0.15) is 9.29 Å². The van der Waals surface area contributed by atoms with Crippen LogP contribution in [0.4, 0.5) is 5.69 Å². The highest BCUT2D eigenvalue weighted by Crippen LogP contribution is 2.31. The van der Waals surface area contributed by atoms with Gasteiger partial charge in [-0.05, 0) is 37.1 Å². The predicted molar refractivity (Wildman–Crippen MR) is 125 cm³/mol. The molecule has 3 heterocycles. The molecule has 0 N–H and O–H groups in total. The van der Waals surface area contributed by atoms with Crippen molar-refractivity contribution in [1.29, 1.82) is 0 Å². The Morgan fingerprint density at radius 3 is 2.50 bits per heavy atom. The Balaban J connectivity index is 1.43. The molecule has 2 aliphatic heterocycles. The molecule has 34 heavy (non-hydrogen) atoms. The number of aromatic nitrogens is 2. The van der Waals surface area contributed by atoms with E-state index < -0.39 is 15.9 Å². The summed E-state index contributed by atoms with van der Waals surface area (Å²) in [7, 11) is -3.57. The molecule has 1 aromatic carbocycles. The van der Waals surface area contributed by atoms with Crippen molar-refractivity contribution in [2.75, 3.05) is 37.6 Å². The molecule has 1 aromatic heterocycles. The monoisotopic (exact) mass is 489 g/mol. The summed E-state index contributed by atoms with van der Waals surface area (Å²) in [5.41, 5.74) is 0.595. The van der Waals surface area contributed by atoms with Gasteiger partial charge in [-0.25, -0.2) is 8.42 Å². The van der Waals surface area contributed by atoms with Crippen LogP contribution in [0, 0.1) is 12.8 Å². The number of likely N-dealkylation sites (tertiary alicyclic amines) is 1. The number of nitrogens with zero attached hydrogens (tertiary/aromatic N) is 5. The molecule has 0 aliphatic carbocycles. The number of piperidine rings is 1. The van der Waals surface area contributed by atoms with Crippen molar-refractivity contribution in [2.24, 2.45) is 5.92 Å². The SMILES string of the molecule is CCN(CC)S(=O)(=O)c1ccc(N2CC(C(=O)N3CCCC(c4noc(C)n4)C3)CC2=O)cc1. The number of sulfonamides is 1. The topological polar surface area (TPSA) is 117 Å². The maximum absolute atomic E-state index is 13.2. The molecule has 2 unspecified atom stereocenters. The zero-order valence-electron chi connectivity index (χ0n) is 19.8. The number of hydrogen-bond acceptors (Lipinski definition) is 7. The van der Waals surface area contributed by atoms with Crippen molar-refractivity contribution in [3.05, 3.63) is 36.0 Å². The average Bonchev–Trinajstić information content (AvgIpc) is 3.45. The number of carbonyl (C=O) groups excluding carboxylic acids is 2. The lowest BCUT2D eigenvalue weighted by Crippen LogP contribution is -2.43. The van der Waals surface area contributed by atoms with Gasteiger partial charge < -0.3 is 14.3 Å². The third-order valence-electron chi connectivity index (χ3n) is 6.61. The average molecular weight is 490 g/mol. The van der Waals surface area contributed by atoms with E-state index in [0.29, 0.717) is 43.6 Å². The number of benzene rings is 1. The van der Waals surface area contributed by atoms with Crippen LogP contribution in [0.1, 0.15) is 50.7 Å². The summed E-state index contributed by atoms with van der Waals surface area (Å²) >= 11 is 0. The quantitative estimate of drug-likeness (QED) is 0.585. The van der Waals surface area contributed by atoms with Gasteiger partial charge in [-0.1, -0.05) is 19.0 Å². The van der Waals surface area contributed by atoms with Crippen LogP contribution in [0.3, 0.4) is 0 Å². The van der Waals surface area contributed by atoms with E-state index in [1.54, 1.807) is 42.7 Å². The molecule has 2 amide bonds. The molecular formula is C23H31N5O5S. The number of anilines is 1. The Kier molecular flexibility index (Phi) is 7.04. The fraction of sp³-hybridized carbons (Fsp3) is 0.565. The number of amides is 2. The maximum atomic E-state index is 13.2. The van der Waals surface area contributed by atoms with Gasteiger partial charge in [0.15, 0.2) is 5.82 Å². The largest absolute Gasteiger partial charge is 0.342 e. The number of rotatable bonds is 7. The summed E-state index contributed by atoms with van der Waals surface area (Å²) in [5, 5.41) is 4.01. The molecular weight excluding hydrogens is 458 g/mol. The van der Waals surface area contributed by atoms with Crippen LogP contribution in [0.15, 0.2) is 33.7 Å². The molecule has 11 heteroatoms. The summed E-state index contributed by atoms with van der Waals surface area (Å²) in [6, 6.07) is 6.31. The summed E-state index contributed by atoms with van der Waals surface area (Å²) in [6.07, 6.45) is 1.87. The number of aryl methyl sites for hydroxylation is 1. The Hall–Kier alpha value is -2.79. The van der Waals surface area contributed by atoms with Crippen LogP contribution >= 0.6 is 0 Å². The minimum Gasteiger partial charge on any atom is -0.342 e. The van der Waals surface area contributed by atoms with E-state index in [0.717, 1.165) is 12.8 Å². The first-order valence-corrected chi connectivity index (χ1v) is 13.2. The van der Waals surface area contributed by atoms with Crippen molar-refractivity contribution in [2.45, 2.75) is 50.8 Å². The van der Waals surface area contributed by atoms with Gasteiger partial charge in [0.25, 0.3) is 0 Å². The first-order chi connectivity index (χ1) is 16.2. The van der Waals surface area contributed by atoms with Crippen molar-refractivity contribution < 1.29 is 22.5 Å². The Morgan fingerprint density at radius 2 is 1.88 bits per heavy atom. The fourth-order valence-corrected chi connectivity index (χ4v) is 6.22. The molecule has 0 spiro atoms. The van der Waals surface area contributed by atoms with E-state index in [4.69, 9.17) is 4.52 Å². The van der Waals surface area contributed by atoms with E-state index >= 15 is 0 Å². The lowest BCUT2D eigenvalue weighted by atomic mass is 9.95. The summed E-state index contributed by atoms with van der Waals surface area (Å²) in [6.45, 7) is 7.55. The Labute approximate surface area is 199 Å². The number of hydrogen-bond donors (Lipinski definition) is 0. The second-order valence-corrected chi connectivity index (χ2v) is 10.7. The smallest absolute Gasteiger partial charge is 0.243 e. The molecule has 2 aliphatic rings. The second kappa shape index (κ2) is 9.83. The van der Waals surface area contributed by atoms with Crippen LogP contribution in [0.2, 0.25) is 0 Å². The number of carbonyl (C=O) groups is 2. The van der Waals surface area contributed by atoms with Gasteiger partial charge in [0.2, 0.25) is 27.7 Å². The minimum absolute atomic E-state index is 0.0312. The highest BCUT2D eigenvalue weighted by molar-refractivity contribution is 7.89. The van der Waals surface area contributed by atoms with Crippen molar-refractivity contribution in [3.8, 4) is 0 Å². The van der Waals surface area contributed by atoms with E-state index in [2.05, 4.69) is 10.1 Å². The summed E-state index contributed by atoms with van der Waals surface area (Å²) in [4.78, 5) is 33.8. The van der Waals surface area contributed by atoms with Crippen LogP contribution < -0.4 is 4.90 Å². The van der Waals surface area contributed by atoms with Gasteiger partial charge in [0, 0.05) is 57.7 Å². The Bertz CT molecular complexity index is 1140. The molecule has 2 saturated heterocycles. The summed E-state index contributed by atoms with van der Waals surface area (Å²) in [5.74, 6) is 0.549. The van der Waals surface area contributed by atoms with E-state index in [1.807, 2.05) is 0 Å². The molecule has 2 aromatic rings. The highest BCUT2D eigenvalue weighted by atomic mass is 32.2. The lowest BCUT2D eigenvalue weighted by Gasteiger charge is -2.33. The van der Waals surface area contributed by atoms with Gasteiger partial charge in [-0.15, -0.1) is 0 Å². The molecule has 0 bridgehead atoms. The van der Waals surface area contributed by atoms with E-state index in [1.165, 1.54) is 16.4 Å². The third-order valence-corrected chi connectivity index (χ3v) is 8.67. The molecule has 2 atom stereocenters. The van der Waals surface area contributed by atoms with Crippen LogP contribution in [-0.4, -0.2) is 72.3 Å². The normalized spacial score (nSPS) is 21.5. The molecule has 0 radical (unpaired) electrons. The van der Waals surface area contributed by atoms with Crippen molar-refractivity contribution in [1.82, 2.24) is 19.3 Å². The standard InChI is InChI=1S/C23H31N5O5S/c1-4-27(5-2)34(31,32)20-10-8-19(9-11-20)28-15-18(13-21(28)29)23(30)26-12-6-7-17(14-26)22-24-16(3)33-25-22/h8-11,17-18H,4-7,12-15H2,1-3H3. The molecule has 4 rings (SSSR count). The van der Waals surface area contributed by atoms with E-state index in [-0.39, 0.29) is 35.6 Å². The highest BCUT2D eigenvalue weighted by Gasteiger charge is 2.39. The maximum Gasteiger partial charge on any atom is 0.243 e. The first kappa shape index (κ1) is 24.3. The molecule has 0 saturated carbocycles. The van der Waals surface area contributed by atoms with Crippen molar-refractivity contribution >= 4 is 27.5 Å². The Morgan fingerprint density at radius 1 is 1.18 bits per heavy atom. The van der Waals surface area contributed by atoms with Crippen molar-refractivity contribution in [3.63, 3.8) is 0 Å². The fourth-order valence-electron chi connectivity index (χ4n) is 4.76. The van der Waals surface area contributed by atoms with Crippen LogP contribution in [0.5, 0.6) is 0 Å².